The van der Waals surface area contributed by atoms with Crippen molar-refractivity contribution < 1.29 is 14.3 Å². The highest BCUT2D eigenvalue weighted by molar-refractivity contribution is 6.35. The van der Waals surface area contributed by atoms with E-state index in [0.717, 1.165) is 0 Å². The molecule has 0 atom stereocenters. The third-order valence-electron chi connectivity index (χ3n) is 2.90. The Morgan fingerprint density at radius 3 is 2.60 bits per heavy atom. The summed E-state index contributed by atoms with van der Waals surface area (Å²) in [6.45, 7) is 0. The van der Waals surface area contributed by atoms with Crippen LogP contribution in [0.3, 0.4) is 0 Å². The number of fused-ring (bicyclic) bond motifs is 1. The van der Waals surface area contributed by atoms with Gasteiger partial charge in [-0.05, 0) is 36.4 Å². The molecule has 0 amide bonds. The molecule has 0 fully saturated rings. The van der Waals surface area contributed by atoms with Crippen LogP contribution < -0.4 is 0 Å². The second-order valence-corrected chi connectivity index (χ2v) is 4.66. The molecule has 0 aliphatic carbocycles. The van der Waals surface area contributed by atoms with E-state index in [9.17, 15) is 9.18 Å². The molecule has 4 nitrogen and oxygen atoms in total. The van der Waals surface area contributed by atoms with E-state index in [2.05, 4.69) is 9.97 Å². The molecule has 0 spiro atoms. The molecule has 1 heterocycles. The van der Waals surface area contributed by atoms with Crippen LogP contribution in [0.15, 0.2) is 36.4 Å². The highest BCUT2D eigenvalue weighted by Gasteiger charge is 2.12. The maximum absolute atomic E-state index is 12.9. The molecule has 0 aliphatic rings. The van der Waals surface area contributed by atoms with Gasteiger partial charge in [0.2, 0.25) is 0 Å². The number of carboxylic acids is 1. The number of H-pyrrole nitrogens is 1. The number of nitrogens with one attached hydrogen (secondary N) is 1. The largest absolute Gasteiger partial charge is 0.478 e. The number of hydrogen-bond acceptors (Lipinski definition) is 2. The van der Waals surface area contributed by atoms with E-state index in [1.165, 1.54) is 24.3 Å². The number of hydrogen-bond donors (Lipinski definition) is 2. The van der Waals surface area contributed by atoms with Gasteiger partial charge in [0.25, 0.3) is 0 Å². The van der Waals surface area contributed by atoms with Gasteiger partial charge in [0.1, 0.15) is 17.2 Å². The van der Waals surface area contributed by atoms with Crippen molar-refractivity contribution in [2.24, 2.45) is 0 Å². The van der Waals surface area contributed by atoms with E-state index in [0.29, 0.717) is 22.4 Å². The number of imidazole rings is 1. The van der Waals surface area contributed by atoms with Crippen molar-refractivity contribution in [2.75, 3.05) is 0 Å². The molecule has 0 saturated carbocycles. The number of carboxylic acid groups (broad SMARTS) is 1. The van der Waals surface area contributed by atoms with Crippen molar-refractivity contribution in [2.45, 2.75) is 0 Å². The zero-order chi connectivity index (χ0) is 14.3. The average Bonchev–Trinajstić information content (AvgIpc) is 2.84. The van der Waals surface area contributed by atoms with E-state index in [-0.39, 0.29) is 16.4 Å². The Morgan fingerprint density at radius 2 is 1.95 bits per heavy atom. The predicted octanol–water partition coefficient (Wildman–Crippen LogP) is 3.72. The topological polar surface area (TPSA) is 66.0 Å². The average molecular weight is 291 g/mol. The zero-order valence-corrected chi connectivity index (χ0v) is 10.8. The number of aromatic amines is 1. The number of rotatable bonds is 2. The molecule has 6 heteroatoms. The Kier molecular flexibility index (Phi) is 2.91. The van der Waals surface area contributed by atoms with Crippen molar-refractivity contribution in [3.05, 3.63) is 52.8 Å². The molecule has 2 N–H and O–H groups in total. The maximum Gasteiger partial charge on any atom is 0.335 e. The van der Waals surface area contributed by atoms with Gasteiger partial charge in [-0.1, -0.05) is 11.6 Å². The van der Waals surface area contributed by atoms with Gasteiger partial charge >= 0.3 is 5.97 Å². The lowest BCUT2D eigenvalue weighted by molar-refractivity contribution is 0.0697. The zero-order valence-electron chi connectivity index (χ0n) is 10.0. The highest BCUT2D eigenvalue weighted by atomic mass is 35.5. The molecule has 0 bridgehead atoms. The molecule has 3 aromatic rings. The summed E-state index contributed by atoms with van der Waals surface area (Å²) in [7, 11) is 0. The molecular weight excluding hydrogens is 283 g/mol. The molecule has 3 rings (SSSR count). The summed E-state index contributed by atoms with van der Waals surface area (Å²) in [5, 5.41) is 9.24. The van der Waals surface area contributed by atoms with Gasteiger partial charge in [0.15, 0.2) is 0 Å². The summed E-state index contributed by atoms with van der Waals surface area (Å²) in [4.78, 5) is 18.3. The Balaban J connectivity index is 2.17. The number of carbonyl (C=O) groups is 1. The fourth-order valence-electron chi connectivity index (χ4n) is 1.94. The molecule has 0 aliphatic heterocycles. The molecule has 0 saturated heterocycles. The van der Waals surface area contributed by atoms with Crippen LogP contribution in [0.25, 0.3) is 22.4 Å². The molecule has 100 valence electrons. The van der Waals surface area contributed by atoms with Crippen LogP contribution in [-0.2, 0) is 0 Å². The minimum Gasteiger partial charge on any atom is -0.478 e. The van der Waals surface area contributed by atoms with Crippen molar-refractivity contribution in [1.82, 2.24) is 9.97 Å². The van der Waals surface area contributed by atoms with E-state index >= 15 is 0 Å². The van der Waals surface area contributed by atoms with Gasteiger partial charge in [-0.2, -0.15) is 0 Å². The van der Waals surface area contributed by atoms with E-state index in [1.54, 1.807) is 12.1 Å². The predicted molar refractivity (Wildman–Crippen MR) is 73.5 cm³/mol. The number of aromatic carboxylic acids is 1. The fraction of sp³-hybridized carbons (Fsp3) is 0. The van der Waals surface area contributed by atoms with Crippen LogP contribution in [0, 0.1) is 5.82 Å². The fourth-order valence-corrected chi connectivity index (χ4v) is 2.20. The Labute approximate surface area is 117 Å². The lowest BCUT2D eigenvalue weighted by Gasteiger charge is -1.96. The van der Waals surface area contributed by atoms with Gasteiger partial charge in [-0.15, -0.1) is 0 Å². The normalized spacial score (nSPS) is 10.9. The maximum atomic E-state index is 12.9. The van der Waals surface area contributed by atoms with Crippen LogP contribution in [0.4, 0.5) is 4.39 Å². The van der Waals surface area contributed by atoms with E-state index in [4.69, 9.17) is 16.7 Å². The third-order valence-corrected chi connectivity index (χ3v) is 3.19. The van der Waals surface area contributed by atoms with Crippen molar-refractivity contribution in [1.29, 1.82) is 0 Å². The second-order valence-electron chi connectivity index (χ2n) is 4.25. The highest BCUT2D eigenvalue weighted by Crippen LogP contribution is 2.27. The van der Waals surface area contributed by atoms with Gasteiger partial charge in [0.05, 0.1) is 16.1 Å². The van der Waals surface area contributed by atoms with Gasteiger partial charge in [0, 0.05) is 5.56 Å². The van der Waals surface area contributed by atoms with Gasteiger partial charge in [-0.25, -0.2) is 14.2 Å². The summed E-state index contributed by atoms with van der Waals surface area (Å²) in [6, 6.07) is 8.63. The van der Waals surface area contributed by atoms with Crippen LogP contribution in [0.1, 0.15) is 10.4 Å². The first kappa shape index (κ1) is 12.6. The monoisotopic (exact) mass is 290 g/mol. The minimum atomic E-state index is -1.06. The van der Waals surface area contributed by atoms with Crippen molar-refractivity contribution in [3.63, 3.8) is 0 Å². The third kappa shape index (κ3) is 2.12. The second kappa shape index (κ2) is 4.61. The first-order valence-electron chi connectivity index (χ1n) is 5.73. The van der Waals surface area contributed by atoms with Crippen LogP contribution in [0.2, 0.25) is 5.02 Å². The van der Waals surface area contributed by atoms with Crippen LogP contribution in [0.5, 0.6) is 0 Å². The standard InChI is InChI=1S/C14H8ClFN2O2/c15-10-5-8(14(19)20)6-11-12(10)18-13(17-11)7-1-3-9(16)4-2-7/h1-6H,(H,17,18)(H,19,20). The number of nitrogens with zero attached hydrogens (tertiary/aromatic N) is 1. The lowest BCUT2D eigenvalue weighted by atomic mass is 10.2. The summed E-state index contributed by atoms with van der Waals surface area (Å²) < 4.78 is 12.9. The molecule has 1 aromatic heterocycles. The van der Waals surface area contributed by atoms with E-state index in [1.807, 2.05) is 0 Å². The lowest BCUT2D eigenvalue weighted by Crippen LogP contribution is -1.95. The van der Waals surface area contributed by atoms with E-state index < -0.39 is 5.97 Å². The Morgan fingerprint density at radius 1 is 1.25 bits per heavy atom. The summed E-state index contributed by atoms with van der Waals surface area (Å²) in [6.07, 6.45) is 0. The molecule has 0 unspecified atom stereocenters. The van der Waals surface area contributed by atoms with Crippen LogP contribution >= 0.6 is 11.6 Å². The molecule has 0 radical (unpaired) electrons. The summed E-state index contributed by atoms with van der Waals surface area (Å²) >= 11 is 6.03. The Bertz CT molecular complexity index is 812. The molecule has 20 heavy (non-hydrogen) atoms. The smallest absolute Gasteiger partial charge is 0.335 e. The van der Waals surface area contributed by atoms with Crippen LogP contribution in [-0.4, -0.2) is 21.0 Å². The van der Waals surface area contributed by atoms with Crippen molar-refractivity contribution >= 4 is 28.6 Å². The quantitative estimate of drug-likeness (QED) is 0.756. The van der Waals surface area contributed by atoms with Gasteiger partial charge < -0.3 is 10.1 Å². The SMILES string of the molecule is O=C(O)c1cc(Cl)c2nc(-c3ccc(F)cc3)[nH]c2c1. The number of aromatic nitrogens is 2. The summed E-state index contributed by atoms with van der Waals surface area (Å²) in [5.74, 6) is -0.896. The first-order chi connectivity index (χ1) is 9.54. The number of benzene rings is 2. The molecular formula is C14H8ClFN2O2. The Hall–Kier alpha value is -2.40. The molecule has 2 aromatic carbocycles. The van der Waals surface area contributed by atoms with Crippen molar-refractivity contribution in [3.8, 4) is 11.4 Å². The minimum absolute atomic E-state index is 0.0804. The summed E-state index contributed by atoms with van der Waals surface area (Å²) in [5.41, 5.74) is 1.78. The first-order valence-corrected chi connectivity index (χ1v) is 6.11. The number of halogens is 2. The van der Waals surface area contributed by atoms with Gasteiger partial charge in [-0.3, -0.25) is 0 Å².